The van der Waals surface area contributed by atoms with Gasteiger partial charge in [0.2, 0.25) is 0 Å². The number of piperidine rings is 1. The summed E-state index contributed by atoms with van der Waals surface area (Å²) in [4.78, 5) is 14.5. The number of likely N-dealkylation sites (tertiary alicyclic amines) is 1. The van der Waals surface area contributed by atoms with E-state index in [1.165, 1.54) is 12.8 Å². The van der Waals surface area contributed by atoms with E-state index >= 15 is 0 Å². The standard InChI is InChI=1S/C15H20BrNO2/c1-11-5-7-17(8-6-11)10-14(18)12-3-4-15(19-2)13(16)9-12/h3-4,9,11H,5-8,10H2,1-2H3. The van der Waals surface area contributed by atoms with Crippen molar-refractivity contribution in [2.75, 3.05) is 26.7 Å². The fraction of sp³-hybridized carbons (Fsp3) is 0.533. The van der Waals surface area contributed by atoms with Crippen LogP contribution < -0.4 is 4.74 Å². The first-order valence-corrected chi connectivity index (χ1v) is 7.48. The Kier molecular flexibility index (Phi) is 4.99. The summed E-state index contributed by atoms with van der Waals surface area (Å²) in [7, 11) is 1.62. The zero-order valence-corrected chi connectivity index (χ0v) is 13.1. The largest absolute Gasteiger partial charge is 0.496 e. The highest BCUT2D eigenvalue weighted by molar-refractivity contribution is 9.10. The number of Topliss-reactive ketones (excluding diaryl/α,β-unsaturated/α-hetero) is 1. The van der Waals surface area contributed by atoms with Gasteiger partial charge in [-0.3, -0.25) is 9.69 Å². The van der Waals surface area contributed by atoms with Crippen molar-refractivity contribution in [3.8, 4) is 5.75 Å². The van der Waals surface area contributed by atoms with Crippen LogP contribution in [-0.2, 0) is 0 Å². The van der Waals surface area contributed by atoms with Gasteiger partial charge in [0.1, 0.15) is 5.75 Å². The number of hydrogen-bond donors (Lipinski definition) is 0. The summed E-state index contributed by atoms with van der Waals surface area (Å²) in [6.07, 6.45) is 2.39. The molecule has 0 radical (unpaired) electrons. The van der Waals surface area contributed by atoms with Gasteiger partial charge < -0.3 is 4.74 Å². The molecule has 0 atom stereocenters. The summed E-state index contributed by atoms with van der Waals surface area (Å²) in [5, 5.41) is 0. The van der Waals surface area contributed by atoms with Crippen LogP contribution in [-0.4, -0.2) is 37.4 Å². The summed E-state index contributed by atoms with van der Waals surface area (Å²) in [5.74, 6) is 1.72. The second-order valence-corrected chi connectivity index (χ2v) is 6.09. The lowest BCUT2D eigenvalue weighted by Gasteiger charge is -2.29. The third kappa shape index (κ3) is 3.80. The van der Waals surface area contributed by atoms with Gasteiger partial charge in [-0.15, -0.1) is 0 Å². The molecular weight excluding hydrogens is 306 g/mol. The van der Waals surface area contributed by atoms with E-state index in [1.54, 1.807) is 7.11 Å². The highest BCUT2D eigenvalue weighted by Crippen LogP contribution is 2.26. The molecule has 1 aromatic rings. The topological polar surface area (TPSA) is 29.5 Å². The lowest BCUT2D eigenvalue weighted by molar-refractivity contribution is 0.0899. The van der Waals surface area contributed by atoms with Gasteiger partial charge >= 0.3 is 0 Å². The summed E-state index contributed by atoms with van der Waals surface area (Å²) >= 11 is 3.42. The molecule has 3 nitrogen and oxygen atoms in total. The van der Waals surface area contributed by atoms with Gasteiger partial charge in [-0.2, -0.15) is 0 Å². The Morgan fingerprint density at radius 1 is 1.42 bits per heavy atom. The summed E-state index contributed by atoms with van der Waals surface area (Å²) in [5.41, 5.74) is 0.742. The van der Waals surface area contributed by atoms with E-state index in [4.69, 9.17) is 4.74 Å². The average molecular weight is 326 g/mol. The summed E-state index contributed by atoms with van der Waals surface area (Å²) in [6, 6.07) is 5.50. The number of ketones is 1. The molecule has 1 aliphatic rings. The molecule has 19 heavy (non-hydrogen) atoms. The van der Waals surface area contributed by atoms with Crippen molar-refractivity contribution in [1.29, 1.82) is 0 Å². The third-order valence-electron chi connectivity index (χ3n) is 3.72. The van der Waals surface area contributed by atoms with E-state index in [0.29, 0.717) is 6.54 Å². The molecule has 0 unspecified atom stereocenters. The van der Waals surface area contributed by atoms with Crippen molar-refractivity contribution in [3.63, 3.8) is 0 Å². The lowest BCUT2D eigenvalue weighted by Crippen LogP contribution is -2.36. The number of halogens is 1. The Morgan fingerprint density at radius 2 is 2.11 bits per heavy atom. The Balaban J connectivity index is 1.98. The highest BCUT2D eigenvalue weighted by Gasteiger charge is 2.19. The van der Waals surface area contributed by atoms with Gasteiger partial charge in [0.05, 0.1) is 18.1 Å². The van der Waals surface area contributed by atoms with Crippen LogP contribution in [0.15, 0.2) is 22.7 Å². The second-order valence-electron chi connectivity index (χ2n) is 5.23. The van der Waals surface area contributed by atoms with Crippen molar-refractivity contribution in [2.24, 2.45) is 5.92 Å². The zero-order chi connectivity index (χ0) is 13.8. The smallest absolute Gasteiger partial charge is 0.176 e. The molecule has 4 heteroatoms. The first-order chi connectivity index (χ1) is 9.10. The first-order valence-electron chi connectivity index (χ1n) is 6.69. The summed E-state index contributed by atoms with van der Waals surface area (Å²) < 4.78 is 6.00. The number of ether oxygens (including phenoxy) is 1. The van der Waals surface area contributed by atoms with E-state index in [1.807, 2.05) is 18.2 Å². The number of methoxy groups -OCH3 is 1. The van der Waals surface area contributed by atoms with Gasteiger partial charge in [-0.25, -0.2) is 0 Å². The van der Waals surface area contributed by atoms with Crippen molar-refractivity contribution in [1.82, 2.24) is 4.90 Å². The average Bonchev–Trinajstić information content (AvgIpc) is 2.41. The third-order valence-corrected chi connectivity index (χ3v) is 4.34. The predicted molar refractivity (Wildman–Crippen MR) is 79.9 cm³/mol. The Labute approximate surface area is 123 Å². The lowest BCUT2D eigenvalue weighted by atomic mass is 9.99. The first kappa shape index (κ1) is 14.5. The molecule has 0 N–H and O–H groups in total. The van der Waals surface area contributed by atoms with E-state index in [9.17, 15) is 4.79 Å². The van der Waals surface area contributed by atoms with Gasteiger partial charge in [0, 0.05) is 5.56 Å². The van der Waals surface area contributed by atoms with E-state index < -0.39 is 0 Å². The monoisotopic (exact) mass is 325 g/mol. The Morgan fingerprint density at radius 3 is 2.68 bits per heavy atom. The summed E-state index contributed by atoms with van der Waals surface area (Å²) in [6.45, 7) is 4.86. The van der Waals surface area contributed by atoms with Crippen molar-refractivity contribution < 1.29 is 9.53 Å². The van der Waals surface area contributed by atoms with Crippen LogP contribution >= 0.6 is 15.9 Å². The molecular formula is C15H20BrNO2. The Bertz CT molecular complexity index is 453. The van der Waals surface area contributed by atoms with Crippen LogP contribution in [0.4, 0.5) is 0 Å². The van der Waals surface area contributed by atoms with Crippen LogP contribution in [0, 0.1) is 5.92 Å². The minimum absolute atomic E-state index is 0.179. The number of hydrogen-bond acceptors (Lipinski definition) is 3. The fourth-order valence-electron chi connectivity index (χ4n) is 2.35. The van der Waals surface area contributed by atoms with Crippen LogP contribution in [0.1, 0.15) is 30.1 Å². The van der Waals surface area contributed by atoms with E-state index in [-0.39, 0.29) is 5.78 Å². The van der Waals surface area contributed by atoms with Gasteiger partial charge in [-0.05, 0) is 66.0 Å². The van der Waals surface area contributed by atoms with E-state index in [2.05, 4.69) is 27.8 Å². The number of benzene rings is 1. The SMILES string of the molecule is COc1ccc(C(=O)CN2CCC(C)CC2)cc1Br. The molecule has 0 aromatic heterocycles. The van der Waals surface area contributed by atoms with Gasteiger partial charge in [-0.1, -0.05) is 6.92 Å². The highest BCUT2D eigenvalue weighted by atomic mass is 79.9. The molecule has 1 fully saturated rings. The maximum Gasteiger partial charge on any atom is 0.176 e. The molecule has 2 rings (SSSR count). The van der Waals surface area contributed by atoms with Crippen molar-refractivity contribution in [2.45, 2.75) is 19.8 Å². The fourth-order valence-corrected chi connectivity index (χ4v) is 2.90. The molecule has 0 aliphatic carbocycles. The molecule has 0 amide bonds. The quantitative estimate of drug-likeness (QED) is 0.795. The maximum absolute atomic E-state index is 12.2. The molecule has 0 bridgehead atoms. The maximum atomic E-state index is 12.2. The minimum Gasteiger partial charge on any atom is -0.496 e. The molecule has 1 aromatic carbocycles. The zero-order valence-electron chi connectivity index (χ0n) is 11.5. The van der Waals surface area contributed by atoms with Crippen LogP contribution in [0.25, 0.3) is 0 Å². The normalized spacial score (nSPS) is 17.4. The van der Waals surface area contributed by atoms with Crippen LogP contribution in [0.3, 0.4) is 0 Å². The molecule has 0 saturated carbocycles. The molecule has 1 heterocycles. The second kappa shape index (κ2) is 6.53. The van der Waals surface area contributed by atoms with Crippen molar-refractivity contribution in [3.05, 3.63) is 28.2 Å². The number of rotatable bonds is 4. The minimum atomic E-state index is 0.179. The number of carbonyl (C=O) groups is 1. The van der Waals surface area contributed by atoms with E-state index in [0.717, 1.165) is 34.8 Å². The molecule has 104 valence electrons. The van der Waals surface area contributed by atoms with Crippen LogP contribution in [0.5, 0.6) is 5.75 Å². The van der Waals surface area contributed by atoms with Crippen molar-refractivity contribution >= 4 is 21.7 Å². The molecule has 1 saturated heterocycles. The van der Waals surface area contributed by atoms with Crippen LogP contribution in [0.2, 0.25) is 0 Å². The number of carbonyl (C=O) groups excluding carboxylic acids is 1. The molecule has 1 aliphatic heterocycles. The number of nitrogens with zero attached hydrogens (tertiary/aromatic N) is 1. The molecule has 0 spiro atoms. The van der Waals surface area contributed by atoms with Gasteiger partial charge in [0.25, 0.3) is 0 Å². The Hall–Kier alpha value is -0.870. The van der Waals surface area contributed by atoms with Gasteiger partial charge in [0.15, 0.2) is 5.78 Å². The predicted octanol–water partition coefficient (Wildman–Crippen LogP) is 3.37.